The Morgan fingerprint density at radius 2 is 2.10 bits per heavy atom. The van der Waals surface area contributed by atoms with Crippen LogP contribution >= 0.6 is 0 Å². The normalized spacial score (nSPS) is 12.8. The van der Waals surface area contributed by atoms with Crippen molar-refractivity contribution in [2.75, 3.05) is 47.0 Å². The Hall–Kier alpha value is -0.940. The first-order valence-corrected chi connectivity index (χ1v) is 7.27. The Morgan fingerprint density at radius 1 is 1.30 bits per heavy atom. The molecule has 0 bridgehead atoms. The fourth-order valence-electron chi connectivity index (χ4n) is 2.37. The van der Waals surface area contributed by atoms with Crippen molar-refractivity contribution >= 4 is 0 Å². The average Bonchev–Trinajstić information content (AvgIpc) is 2.45. The molecule has 0 aromatic heterocycles. The van der Waals surface area contributed by atoms with Crippen LogP contribution in [0.15, 0.2) is 24.3 Å². The van der Waals surface area contributed by atoms with E-state index in [-0.39, 0.29) is 6.61 Å². The molecule has 0 saturated carbocycles. The fourth-order valence-corrected chi connectivity index (χ4v) is 2.37. The maximum absolute atomic E-state index is 9.11. The molecule has 0 heterocycles. The summed E-state index contributed by atoms with van der Waals surface area (Å²) in [5.74, 6) is 0. The number of aliphatic hydroxyl groups excluding tert-OH is 1. The number of benzene rings is 1. The number of rotatable bonds is 10. The Morgan fingerprint density at radius 3 is 2.70 bits per heavy atom. The standard InChI is InChI=1S/C16H28N2O2/c1-14-5-4-6-15(13-14)16(17-2)7-8-18(9-11-19)10-12-20-3/h4-6,13,16-17,19H,7-12H2,1-3H3. The van der Waals surface area contributed by atoms with Crippen LogP contribution in [0.25, 0.3) is 0 Å². The Labute approximate surface area is 122 Å². The van der Waals surface area contributed by atoms with Crippen LogP contribution in [0.1, 0.15) is 23.6 Å². The van der Waals surface area contributed by atoms with Crippen molar-refractivity contribution in [3.05, 3.63) is 35.4 Å². The molecule has 1 aromatic carbocycles. The van der Waals surface area contributed by atoms with E-state index in [0.29, 0.717) is 19.2 Å². The first kappa shape index (κ1) is 17.1. The van der Waals surface area contributed by atoms with Gasteiger partial charge in [-0.25, -0.2) is 0 Å². The summed E-state index contributed by atoms with van der Waals surface area (Å²) in [6, 6.07) is 8.96. The van der Waals surface area contributed by atoms with Gasteiger partial charge in [0.15, 0.2) is 0 Å². The van der Waals surface area contributed by atoms with E-state index in [1.165, 1.54) is 11.1 Å². The molecule has 1 rings (SSSR count). The van der Waals surface area contributed by atoms with Gasteiger partial charge in [0.1, 0.15) is 0 Å². The van der Waals surface area contributed by atoms with Gasteiger partial charge in [-0.3, -0.25) is 4.90 Å². The summed E-state index contributed by atoms with van der Waals surface area (Å²) >= 11 is 0. The minimum absolute atomic E-state index is 0.193. The third kappa shape index (κ3) is 6.01. The molecular weight excluding hydrogens is 252 g/mol. The SMILES string of the molecule is CNC(CCN(CCO)CCOC)c1cccc(C)c1. The van der Waals surface area contributed by atoms with Crippen LogP contribution < -0.4 is 5.32 Å². The molecule has 4 nitrogen and oxygen atoms in total. The van der Waals surface area contributed by atoms with Crippen molar-refractivity contribution in [2.24, 2.45) is 0 Å². The molecular formula is C16H28N2O2. The van der Waals surface area contributed by atoms with Crippen LogP contribution in [-0.4, -0.2) is 57.0 Å². The second-order valence-electron chi connectivity index (χ2n) is 5.10. The van der Waals surface area contributed by atoms with Crippen LogP contribution in [0.3, 0.4) is 0 Å². The second-order valence-corrected chi connectivity index (χ2v) is 5.10. The maximum atomic E-state index is 9.11. The number of aliphatic hydroxyl groups is 1. The van der Waals surface area contributed by atoms with Crippen molar-refractivity contribution in [2.45, 2.75) is 19.4 Å². The molecule has 0 fully saturated rings. The van der Waals surface area contributed by atoms with E-state index < -0.39 is 0 Å². The average molecular weight is 280 g/mol. The Balaban J connectivity index is 2.54. The van der Waals surface area contributed by atoms with E-state index in [9.17, 15) is 0 Å². The zero-order chi connectivity index (χ0) is 14.8. The lowest BCUT2D eigenvalue weighted by atomic mass is 10.0. The van der Waals surface area contributed by atoms with Crippen molar-refractivity contribution in [1.29, 1.82) is 0 Å². The van der Waals surface area contributed by atoms with Gasteiger partial charge >= 0.3 is 0 Å². The highest BCUT2D eigenvalue weighted by Gasteiger charge is 2.12. The van der Waals surface area contributed by atoms with Crippen molar-refractivity contribution in [1.82, 2.24) is 10.2 Å². The summed E-state index contributed by atoms with van der Waals surface area (Å²) in [6.45, 7) is 5.53. The van der Waals surface area contributed by atoms with Gasteiger partial charge in [-0.1, -0.05) is 29.8 Å². The topological polar surface area (TPSA) is 44.7 Å². The third-order valence-electron chi connectivity index (χ3n) is 3.55. The fraction of sp³-hybridized carbons (Fsp3) is 0.625. The molecule has 1 aromatic rings. The minimum atomic E-state index is 0.193. The first-order chi connectivity index (χ1) is 9.71. The Kier molecular flexibility index (Phi) is 8.46. The molecule has 1 unspecified atom stereocenters. The number of hydrogen-bond acceptors (Lipinski definition) is 4. The monoisotopic (exact) mass is 280 g/mol. The van der Waals surface area contributed by atoms with E-state index >= 15 is 0 Å². The quantitative estimate of drug-likeness (QED) is 0.683. The van der Waals surface area contributed by atoms with Crippen LogP contribution in [0.5, 0.6) is 0 Å². The van der Waals surface area contributed by atoms with E-state index in [1.54, 1.807) is 7.11 Å². The molecule has 0 radical (unpaired) electrons. The number of nitrogens with zero attached hydrogens (tertiary/aromatic N) is 1. The lowest BCUT2D eigenvalue weighted by Gasteiger charge is -2.24. The highest BCUT2D eigenvalue weighted by atomic mass is 16.5. The van der Waals surface area contributed by atoms with Crippen LogP contribution in [0.2, 0.25) is 0 Å². The maximum Gasteiger partial charge on any atom is 0.0589 e. The largest absolute Gasteiger partial charge is 0.395 e. The summed E-state index contributed by atoms with van der Waals surface area (Å²) in [7, 11) is 3.71. The molecule has 0 aliphatic rings. The molecule has 2 N–H and O–H groups in total. The van der Waals surface area contributed by atoms with Gasteiger partial charge in [-0.05, 0) is 26.0 Å². The molecule has 1 atom stereocenters. The number of methoxy groups -OCH3 is 1. The number of aryl methyl sites for hydroxylation is 1. The number of nitrogens with one attached hydrogen (secondary N) is 1. The molecule has 0 saturated heterocycles. The second kappa shape index (κ2) is 9.88. The number of ether oxygens (including phenoxy) is 1. The molecule has 0 spiro atoms. The first-order valence-electron chi connectivity index (χ1n) is 7.27. The molecule has 0 aliphatic carbocycles. The van der Waals surface area contributed by atoms with Gasteiger partial charge in [0, 0.05) is 32.8 Å². The predicted octanol–water partition coefficient (Wildman–Crippen LogP) is 1.59. The Bertz CT molecular complexity index is 371. The zero-order valence-corrected chi connectivity index (χ0v) is 12.9. The summed E-state index contributed by atoms with van der Waals surface area (Å²) < 4.78 is 5.11. The predicted molar refractivity (Wildman–Crippen MR) is 83.0 cm³/mol. The zero-order valence-electron chi connectivity index (χ0n) is 12.9. The van der Waals surface area contributed by atoms with Crippen molar-refractivity contribution in [3.8, 4) is 0 Å². The number of hydrogen-bond donors (Lipinski definition) is 2. The molecule has 0 aliphatic heterocycles. The van der Waals surface area contributed by atoms with Crippen LogP contribution in [0, 0.1) is 6.92 Å². The van der Waals surface area contributed by atoms with Gasteiger partial charge in [0.2, 0.25) is 0 Å². The highest BCUT2D eigenvalue weighted by Crippen LogP contribution is 2.18. The van der Waals surface area contributed by atoms with E-state index in [1.807, 2.05) is 7.05 Å². The van der Waals surface area contributed by atoms with Crippen molar-refractivity contribution in [3.63, 3.8) is 0 Å². The van der Waals surface area contributed by atoms with E-state index in [4.69, 9.17) is 9.84 Å². The van der Waals surface area contributed by atoms with Crippen molar-refractivity contribution < 1.29 is 9.84 Å². The summed E-state index contributed by atoms with van der Waals surface area (Å²) in [4.78, 5) is 2.24. The summed E-state index contributed by atoms with van der Waals surface area (Å²) in [6.07, 6.45) is 1.02. The van der Waals surface area contributed by atoms with Crippen LogP contribution in [0.4, 0.5) is 0 Å². The van der Waals surface area contributed by atoms with E-state index in [2.05, 4.69) is 41.4 Å². The summed E-state index contributed by atoms with van der Waals surface area (Å²) in [5, 5.41) is 12.5. The van der Waals surface area contributed by atoms with Gasteiger partial charge in [-0.15, -0.1) is 0 Å². The molecule has 0 amide bonds. The van der Waals surface area contributed by atoms with E-state index in [0.717, 1.165) is 19.5 Å². The third-order valence-corrected chi connectivity index (χ3v) is 3.55. The highest BCUT2D eigenvalue weighted by molar-refractivity contribution is 5.25. The van der Waals surface area contributed by atoms with Gasteiger partial charge in [-0.2, -0.15) is 0 Å². The lowest BCUT2D eigenvalue weighted by Crippen LogP contribution is -2.33. The van der Waals surface area contributed by atoms with Gasteiger partial charge in [0.05, 0.1) is 13.2 Å². The molecule has 20 heavy (non-hydrogen) atoms. The summed E-state index contributed by atoms with van der Waals surface area (Å²) in [5.41, 5.74) is 2.61. The van der Waals surface area contributed by atoms with Gasteiger partial charge in [0.25, 0.3) is 0 Å². The molecule has 114 valence electrons. The van der Waals surface area contributed by atoms with Crippen LogP contribution in [-0.2, 0) is 4.74 Å². The molecule has 4 heteroatoms. The lowest BCUT2D eigenvalue weighted by molar-refractivity contribution is 0.128. The smallest absolute Gasteiger partial charge is 0.0589 e. The van der Waals surface area contributed by atoms with Gasteiger partial charge < -0.3 is 15.2 Å². The minimum Gasteiger partial charge on any atom is -0.395 e.